The van der Waals surface area contributed by atoms with Crippen LogP contribution in [0.3, 0.4) is 0 Å². The van der Waals surface area contributed by atoms with E-state index in [1.165, 1.54) is 29.6 Å². The number of esters is 1. The highest BCUT2D eigenvalue weighted by Crippen LogP contribution is 2.25. The van der Waals surface area contributed by atoms with Crippen LogP contribution in [0.5, 0.6) is 0 Å². The summed E-state index contributed by atoms with van der Waals surface area (Å²) in [5, 5.41) is 3.26. The molecule has 1 heterocycles. The molecule has 6 nitrogen and oxygen atoms in total. The normalized spacial score (nSPS) is 16.0. The van der Waals surface area contributed by atoms with Gasteiger partial charge in [0.15, 0.2) is 0 Å². The molecule has 0 bridgehead atoms. The number of rotatable bonds is 4. The Morgan fingerprint density at radius 3 is 2.48 bits per heavy atom. The smallest absolute Gasteiger partial charge is 0.339 e. The van der Waals surface area contributed by atoms with Gasteiger partial charge in [-0.3, -0.25) is 0 Å². The zero-order valence-electron chi connectivity index (χ0n) is 12.9. The van der Waals surface area contributed by atoms with Gasteiger partial charge in [0.1, 0.15) is 0 Å². The number of piperidine rings is 1. The maximum Gasteiger partial charge on any atom is 0.339 e. The van der Waals surface area contributed by atoms with E-state index in [1.807, 2.05) is 0 Å². The third kappa shape index (κ3) is 4.36. The molecule has 1 aromatic rings. The first kappa shape index (κ1) is 20.2. The van der Waals surface area contributed by atoms with Crippen molar-refractivity contribution in [2.24, 2.45) is 0 Å². The molecule has 130 valence electrons. The topological polar surface area (TPSA) is 75.7 Å². The second-order valence-electron chi connectivity index (χ2n) is 5.14. The summed E-state index contributed by atoms with van der Waals surface area (Å²) in [7, 11) is -0.820. The first-order valence-electron chi connectivity index (χ1n) is 6.94. The van der Waals surface area contributed by atoms with Crippen LogP contribution in [0.4, 0.5) is 0 Å². The number of carbonyl (C=O) groups excluding carboxylic acids is 1. The fourth-order valence-corrected chi connectivity index (χ4v) is 4.23. The predicted molar refractivity (Wildman–Crippen MR) is 90.9 cm³/mol. The number of nitrogens with one attached hydrogen (secondary N) is 1. The van der Waals surface area contributed by atoms with Crippen LogP contribution in [0.25, 0.3) is 0 Å². The first-order chi connectivity index (χ1) is 10.4. The SMILES string of the molecule is COC(=O)c1ccc(S(=O)(=O)N(C)C2CCNCC2)cc1Cl.Cl. The summed E-state index contributed by atoms with van der Waals surface area (Å²) in [6, 6.07) is 4.01. The van der Waals surface area contributed by atoms with Crippen molar-refractivity contribution in [1.82, 2.24) is 9.62 Å². The van der Waals surface area contributed by atoms with Crippen molar-refractivity contribution in [3.8, 4) is 0 Å². The Labute approximate surface area is 147 Å². The number of methoxy groups -OCH3 is 1. The molecule has 0 radical (unpaired) electrons. The average molecular weight is 383 g/mol. The number of hydrogen-bond donors (Lipinski definition) is 1. The van der Waals surface area contributed by atoms with E-state index in [0.717, 1.165) is 25.9 Å². The maximum atomic E-state index is 12.7. The molecule has 2 rings (SSSR count). The molecule has 1 aliphatic heterocycles. The molecule has 1 aliphatic rings. The van der Waals surface area contributed by atoms with Crippen LogP contribution in [0.15, 0.2) is 23.1 Å². The molecule has 0 amide bonds. The number of hydrogen-bond acceptors (Lipinski definition) is 5. The lowest BCUT2D eigenvalue weighted by Gasteiger charge is -2.30. The van der Waals surface area contributed by atoms with Crippen molar-refractivity contribution in [2.75, 3.05) is 27.2 Å². The molecule has 1 aromatic carbocycles. The third-order valence-electron chi connectivity index (χ3n) is 3.85. The molecule has 0 aromatic heterocycles. The number of carbonyl (C=O) groups is 1. The average Bonchev–Trinajstić information content (AvgIpc) is 2.54. The lowest BCUT2D eigenvalue weighted by molar-refractivity contribution is 0.0601. The molecule has 1 fully saturated rings. The van der Waals surface area contributed by atoms with Gasteiger partial charge in [0.25, 0.3) is 0 Å². The lowest BCUT2D eigenvalue weighted by Crippen LogP contribution is -2.43. The Morgan fingerprint density at radius 2 is 1.96 bits per heavy atom. The molecule has 1 saturated heterocycles. The second kappa shape index (κ2) is 8.30. The van der Waals surface area contributed by atoms with Crippen LogP contribution in [0.2, 0.25) is 5.02 Å². The van der Waals surface area contributed by atoms with Crippen molar-refractivity contribution < 1.29 is 17.9 Å². The van der Waals surface area contributed by atoms with Gasteiger partial charge in [0.2, 0.25) is 10.0 Å². The van der Waals surface area contributed by atoms with E-state index in [-0.39, 0.29) is 33.9 Å². The standard InChI is InChI=1S/C14H19ClN2O4S.ClH/c1-17(10-5-7-16-8-6-10)22(19,20)11-3-4-12(13(15)9-11)14(18)21-2;/h3-4,9-10,16H,5-8H2,1-2H3;1H. The van der Waals surface area contributed by atoms with Gasteiger partial charge < -0.3 is 10.1 Å². The summed E-state index contributed by atoms with van der Waals surface area (Å²) < 4.78 is 31.3. The second-order valence-corrected chi connectivity index (χ2v) is 7.54. The van der Waals surface area contributed by atoms with Crippen LogP contribution in [0.1, 0.15) is 23.2 Å². The Hall–Kier alpha value is -0.860. The van der Waals surface area contributed by atoms with Crippen molar-refractivity contribution in [2.45, 2.75) is 23.8 Å². The van der Waals surface area contributed by atoms with Crippen LogP contribution in [-0.2, 0) is 14.8 Å². The predicted octanol–water partition coefficient (Wildman–Crippen LogP) is 1.92. The Balaban J connectivity index is 0.00000264. The third-order valence-corrected chi connectivity index (χ3v) is 6.06. The first-order valence-corrected chi connectivity index (χ1v) is 8.76. The van der Waals surface area contributed by atoms with E-state index in [9.17, 15) is 13.2 Å². The van der Waals surface area contributed by atoms with Gasteiger partial charge >= 0.3 is 5.97 Å². The summed E-state index contributed by atoms with van der Waals surface area (Å²) in [5.41, 5.74) is 0.146. The van der Waals surface area contributed by atoms with E-state index < -0.39 is 16.0 Å². The Bertz CT molecular complexity index is 661. The molecule has 0 unspecified atom stereocenters. The van der Waals surface area contributed by atoms with E-state index in [4.69, 9.17) is 11.6 Å². The number of nitrogens with zero attached hydrogens (tertiary/aromatic N) is 1. The molecule has 0 aliphatic carbocycles. The van der Waals surface area contributed by atoms with Crippen molar-refractivity contribution in [1.29, 1.82) is 0 Å². The molecule has 0 saturated carbocycles. The van der Waals surface area contributed by atoms with Crippen LogP contribution < -0.4 is 5.32 Å². The number of halogens is 2. The van der Waals surface area contributed by atoms with E-state index in [2.05, 4.69) is 10.1 Å². The number of sulfonamides is 1. The van der Waals surface area contributed by atoms with Gasteiger partial charge in [-0.1, -0.05) is 11.6 Å². The molecular weight excluding hydrogens is 363 g/mol. The van der Waals surface area contributed by atoms with Crippen molar-refractivity contribution in [3.05, 3.63) is 28.8 Å². The fraction of sp³-hybridized carbons (Fsp3) is 0.500. The van der Waals surface area contributed by atoms with Gasteiger partial charge in [-0.25, -0.2) is 13.2 Å². The molecule has 9 heteroatoms. The van der Waals surface area contributed by atoms with E-state index in [1.54, 1.807) is 7.05 Å². The largest absolute Gasteiger partial charge is 0.465 e. The summed E-state index contributed by atoms with van der Waals surface area (Å²) in [6.45, 7) is 1.60. The summed E-state index contributed by atoms with van der Waals surface area (Å²) in [6.07, 6.45) is 1.54. The van der Waals surface area contributed by atoms with Gasteiger partial charge in [0, 0.05) is 13.1 Å². The minimum Gasteiger partial charge on any atom is -0.465 e. The molecule has 23 heavy (non-hydrogen) atoms. The highest BCUT2D eigenvalue weighted by atomic mass is 35.5. The van der Waals surface area contributed by atoms with E-state index >= 15 is 0 Å². The summed E-state index contributed by atoms with van der Waals surface area (Å²) in [4.78, 5) is 11.6. The van der Waals surface area contributed by atoms with Gasteiger partial charge in [-0.15, -0.1) is 12.4 Å². The summed E-state index contributed by atoms with van der Waals surface area (Å²) in [5.74, 6) is -0.597. The molecule has 0 atom stereocenters. The van der Waals surface area contributed by atoms with Crippen LogP contribution in [0, 0.1) is 0 Å². The van der Waals surface area contributed by atoms with Crippen LogP contribution >= 0.6 is 24.0 Å². The Morgan fingerprint density at radius 1 is 1.35 bits per heavy atom. The zero-order chi connectivity index (χ0) is 16.3. The minimum absolute atomic E-state index is 0. The molecule has 0 spiro atoms. The summed E-state index contributed by atoms with van der Waals surface area (Å²) >= 11 is 6.01. The van der Waals surface area contributed by atoms with Gasteiger partial charge in [0.05, 0.1) is 22.6 Å². The van der Waals surface area contributed by atoms with Crippen molar-refractivity contribution >= 4 is 40.0 Å². The van der Waals surface area contributed by atoms with Gasteiger partial charge in [-0.05, 0) is 44.1 Å². The van der Waals surface area contributed by atoms with Gasteiger partial charge in [-0.2, -0.15) is 4.31 Å². The molecular formula is C14H20Cl2N2O4S. The Kier molecular flexibility index (Phi) is 7.29. The maximum absolute atomic E-state index is 12.7. The van der Waals surface area contributed by atoms with Crippen molar-refractivity contribution in [3.63, 3.8) is 0 Å². The monoisotopic (exact) mass is 382 g/mol. The number of ether oxygens (including phenoxy) is 1. The molecule has 1 N–H and O–H groups in total. The highest BCUT2D eigenvalue weighted by Gasteiger charge is 2.29. The lowest BCUT2D eigenvalue weighted by atomic mass is 10.1. The zero-order valence-corrected chi connectivity index (χ0v) is 15.3. The van der Waals surface area contributed by atoms with E-state index in [0.29, 0.717) is 0 Å². The highest BCUT2D eigenvalue weighted by molar-refractivity contribution is 7.89. The fourth-order valence-electron chi connectivity index (χ4n) is 2.46. The van der Waals surface area contributed by atoms with Crippen LogP contribution in [-0.4, -0.2) is 52.0 Å². The quantitative estimate of drug-likeness (QED) is 0.805. The number of benzene rings is 1. The minimum atomic E-state index is -3.64.